The van der Waals surface area contributed by atoms with Gasteiger partial charge in [0, 0.05) is 52.0 Å². The van der Waals surface area contributed by atoms with Crippen LogP contribution in [-0.2, 0) is 10.4 Å². The Morgan fingerprint density at radius 3 is 2.23 bits per heavy atom. The number of hydrogen-bond donors (Lipinski definition) is 1. The number of alkyl halides is 3. The number of piperidine rings is 1. The molecule has 2 amide bonds. The molecule has 2 aliphatic rings. The van der Waals surface area contributed by atoms with Gasteiger partial charge in [-0.15, -0.1) is 0 Å². The van der Waals surface area contributed by atoms with Crippen molar-refractivity contribution in [2.75, 3.05) is 45.7 Å². The van der Waals surface area contributed by atoms with Crippen LogP contribution in [-0.4, -0.2) is 73.7 Å². The zero-order valence-corrected chi connectivity index (χ0v) is 23.4. The number of likely N-dealkylation sites (N-methyl/N-ethyl adjacent to an activating group) is 1. The SMILES string of the molecule is C[C@H]1[C@@H](CCN(C)C(=O)[C@](O)(c2ccccc2)C(F)(F)F)C12CCN(c1ccc(C(=O)N(C)C)c(Cl)c1)CC2. The summed E-state index contributed by atoms with van der Waals surface area (Å²) in [4.78, 5) is 29.9. The highest BCUT2D eigenvalue weighted by Crippen LogP contribution is 2.66. The zero-order valence-electron chi connectivity index (χ0n) is 22.6. The molecule has 4 rings (SSSR count). The zero-order chi connectivity index (χ0) is 28.8. The Kier molecular flexibility index (Phi) is 7.98. The molecule has 1 aliphatic heterocycles. The van der Waals surface area contributed by atoms with Crippen LogP contribution in [0.15, 0.2) is 48.5 Å². The first kappa shape index (κ1) is 29.2. The van der Waals surface area contributed by atoms with Crippen LogP contribution < -0.4 is 4.90 Å². The lowest BCUT2D eigenvalue weighted by Gasteiger charge is -2.36. The van der Waals surface area contributed by atoms with Crippen molar-refractivity contribution < 1.29 is 27.9 Å². The van der Waals surface area contributed by atoms with E-state index < -0.39 is 23.2 Å². The average molecular weight is 566 g/mol. The van der Waals surface area contributed by atoms with Gasteiger partial charge in [-0.1, -0.05) is 48.9 Å². The first-order valence-corrected chi connectivity index (χ1v) is 13.5. The predicted molar refractivity (Wildman–Crippen MR) is 145 cm³/mol. The third-order valence-electron chi connectivity index (χ3n) is 8.82. The Balaban J connectivity index is 1.37. The fourth-order valence-corrected chi connectivity index (χ4v) is 6.52. The van der Waals surface area contributed by atoms with Gasteiger partial charge in [-0.3, -0.25) is 9.59 Å². The molecule has 1 saturated heterocycles. The number of rotatable bonds is 7. The van der Waals surface area contributed by atoms with Crippen LogP contribution in [0.5, 0.6) is 0 Å². The number of carbonyl (C=O) groups excluding carboxylic acids is 2. The maximum atomic E-state index is 13.9. The van der Waals surface area contributed by atoms with Gasteiger partial charge in [0.15, 0.2) is 0 Å². The number of nitrogens with zero attached hydrogens (tertiary/aromatic N) is 3. The summed E-state index contributed by atoms with van der Waals surface area (Å²) in [6.07, 6.45) is -2.74. The Morgan fingerprint density at radius 1 is 1.08 bits per heavy atom. The van der Waals surface area contributed by atoms with Gasteiger partial charge in [-0.2, -0.15) is 13.2 Å². The molecule has 1 aliphatic carbocycles. The molecular weight excluding hydrogens is 531 g/mol. The third-order valence-corrected chi connectivity index (χ3v) is 9.13. The standard InChI is InChI=1S/C29H35ClF3N3O3/c1-19-23(12-15-35(4)26(38)28(39,29(31,32)33)20-8-6-5-7-9-20)27(19)13-16-36(17-14-27)21-10-11-22(24(30)18-21)25(37)34(2)3/h5-11,18-19,23,39H,12-17H2,1-4H3/t19-,23+,28+/m0/s1. The molecular formula is C29H35ClF3N3O3. The number of anilines is 1. The quantitative estimate of drug-likeness (QED) is 0.502. The van der Waals surface area contributed by atoms with Gasteiger partial charge >= 0.3 is 6.18 Å². The minimum Gasteiger partial charge on any atom is -0.371 e. The topological polar surface area (TPSA) is 64.1 Å². The predicted octanol–water partition coefficient (Wildman–Crippen LogP) is 5.19. The van der Waals surface area contributed by atoms with Crippen molar-refractivity contribution in [1.82, 2.24) is 9.80 Å². The van der Waals surface area contributed by atoms with E-state index in [4.69, 9.17) is 11.6 Å². The first-order chi connectivity index (χ1) is 18.2. The van der Waals surface area contributed by atoms with E-state index in [0.29, 0.717) is 22.9 Å². The molecule has 0 radical (unpaired) electrons. The highest BCUT2D eigenvalue weighted by atomic mass is 35.5. The Hall–Kier alpha value is -2.78. The van der Waals surface area contributed by atoms with Crippen molar-refractivity contribution in [3.8, 4) is 0 Å². The van der Waals surface area contributed by atoms with Crippen LogP contribution >= 0.6 is 11.6 Å². The summed E-state index contributed by atoms with van der Waals surface area (Å²) in [6.45, 7) is 3.89. The summed E-state index contributed by atoms with van der Waals surface area (Å²) in [5.41, 5.74) is -2.58. The molecule has 2 aromatic rings. The van der Waals surface area contributed by atoms with Crippen LogP contribution in [0.4, 0.5) is 18.9 Å². The molecule has 0 bridgehead atoms. The summed E-state index contributed by atoms with van der Waals surface area (Å²) in [5, 5.41) is 11.0. The fraction of sp³-hybridized carbons (Fsp3) is 0.517. The molecule has 1 heterocycles. The number of amides is 2. The second kappa shape index (κ2) is 10.7. The largest absolute Gasteiger partial charge is 0.430 e. The Labute approximate surface area is 232 Å². The second-order valence-corrected chi connectivity index (χ2v) is 11.5. The van der Waals surface area contributed by atoms with Gasteiger partial charge in [-0.25, -0.2) is 0 Å². The van der Waals surface area contributed by atoms with Crippen LogP contribution in [0.2, 0.25) is 5.02 Å². The summed E-state index contributed by atoms with van der Waals surface area (Å²) >= 11 is 6.40. The summed E-state index contributed by atoms with van der Waals surface area (Å²) in [7, 11) is 4.67. The molecule has 1 N–H and O–H groups in total. The average Bonchev–Trinajstić information content (AvgIpc) is 3.45. The molecule has 39 heavy (non-hydrogen) atoms. The highest BCUT2D eigenvalue weighted by molar-refractivity contribution is 6.34. The van der Waals surface area contributed by atoms with Crippen LogP contribution in [0.3, 0.4) is 0 Å². The second-order valence-electron chi connectivity index (χ2n) is 11.1. The third kappa shape index (κ3) is 5.23. The van der Waals surface area contributed by atoms with Crippen molar-refractivity contribution in [1.29, 1.82) is 0 Å². The maximum Gasteiger partial charge on any atom is 0.430 e. The number of halogens is 4. The smallest absolute Gasteiger partial charge is 0.371 e. The monoisotopic (exact) mass is 565 g/mol. The van der Waals surface area contributed by atoms with Gasteiger partial charge in [-0.05, 0) is 54.7 Å². The number of hydrogen-bond acceptors (Lipinski definition) is 4. The lowest BCUT2D eigenvalue weighted by molar-refractivity contribution is -0.261. The number of benzene rings is 2. The van der Waals surface area contributed by atoms with Crippen molar-refractivity contribution in [2.24, 2.45) is 17.3 Å². The molecule has 212 valence electrons. The van der Waals surface area contributed by atoms with Crippen molar-refractivity contribution >= 4 is 29.1 Å². The summed E-state index contributed by atoms with van der Waals surface area (Å²) < 4.78 is 41.8. The summed E-state index contributed by atoms with van der Waals surface area (Å²) in [6, 6.07) is 12.0. The Bertz CT molecular complexity index is 1220. The molecule has 1 spiro atoms. The van der Waals surface area contributed by atoms with Crippen molar-refractivity contribution in [3.05, 3.63) is 64.7 Å². The molecule has 10 heteroatoms. The van der Waals surface area contributed by atoms with Crippen LogP contribution in [0.1, 0.15) is 42.1 Å². The fourth-order valence-electron chi connectivity index (χ4n) is 6.26. The molecule has 3 atom stereocenters. The lowest BCUT2D eigenvalue weighted by Crippen LogP contribution is -2.55. The number of aliphatic hydroxyl groups is 1. The maximum absolute atomic E-state index is 13.9. The molecule has 6 nitrogen and oxygen atoms in total. The van der Waals surface area contributed by atoms with Crippen molar-refractivity contribution in [2.45, 2.75) is 38.0 Å². The first-order valence-electron chi connectivity index (χ1n) is 13.1. The van der Waals surface area contributed by atoms with Gasteiger partial charge in [0.05, 0.1) is 10.6 Å². The number of carbonyl (C=O) groups is 2. The lowest BCUT2D eigenvalue weighted by atomic mass is 9.88. The van der Waals surface area contributed by atoms with E-state index in [2.05, 4.69) is 11.8 Å². The van der Waals surface area contributed by atoms with Gasteiger partial charge in [0.1, 0.15) is 0 Å². The molecule has 2 fully saturated rings. The Morgan fingerprint density at radius 2 is 1.69 bits per heavy atom. The van der Waals surface area contributed by atoms with Crippen molar-refractivity contribution in [3.63, 3.8) is 0 Å². The highest BCUT2D eigenvalue weighted by Gasteiger charge is 2.63. The van der Waals surface area contributed by atoms with E-state index in [1.54, 1.807) is 20.2 Å². The van der Waals surface area contributed by atoms with Crippen LogP contribution in [0, 0.1) is 17.3 Å². The minimum absolute atomic E-state index is 0.0881. The van der Waals surface area contributed by atoms with Crippen LogP contribution in [0.25, 0.3) is 0 Å². The van der Waals surface area contributed by atoms with E-state index >= 15 is 0 Å². The minimum atomic E-state index is -5.15. The summed E-state index contributed by atoms with van der Waals surface area (Å²) in [5.74, 6) is -0.845. The van der Waals surface area contributed by atoms with E-state index in [1.165, 1.54) is 30.1 Å². The van der Waals surface area contributed by atoms with Gasteiger partial charge in [0.25, 0.3) is 17.4 Å². The van der Waals surface area contributed by atoms with E-state index in [0.717, 1.165) is 48.7 Å². The van der Waals surface area contributed by atoms with Gasteiger partial charge in [0.2, 0.25) is 0 Å². The normalized spacial score (nSPS) is 21.8. The molecule has 0 unspecified atom stereocenters. The van der Waals surface area contributed by atoms with Gasteiger partial charge < -0.3 is 19.8 Å². The molecule has 0 aromatic heterocycles. The van der Waals surface area contributed by atoms with E-state index in [1.807, 2.05) is 12.1 Å². The molecule has 2 aromatic carbocycles. The molecule has 1 saturated carbocycles. The van der Waals surface area contributed by atoms with E-state index in [9.17, 15) is 27.9 Å². The van der Waals surface area contributed by atoms with E-state index in [-0.39, 0.29) is 23.8 Å².